The van der Waals surface area contributed by atoms with Crippen LogP contribution in [0.3, 0.4) is 0 Å². The number of imidazole rings is 1. The highest BCUT2D eigenvalue weighted by Crippen LogP contribution is 2.30. The zero-order chi connectivity index (χ0) is 22.8. The van der Waals surface area contributed by atoms with E-state index >= 15 is 0 Å². The Morgan fingerprint density at radius 3 is 2.76 bits per heavy atom. The maximum absolute atomic E-state index is 6.02. The molecular formula is C25H21ClN4O2S. The molecule has 0 spiro atoms. The van der Waals surface area contributed by atoms with Gasteiger partial charge >= 0.3 is 0 Å². The van der Waals surface area contributed by atoms with Crippen LogP contribution in [-0.4, -0.2) is 26.6 Å². The molecule has 0 N–H and O–H groups in total. The Morgan fingerprint density at radius 2 is 1.94 bits per heavy atom. The first-order valence-electron chi connectivity index (χ1n) is 10.4. The van der Waals surface area contributed by atoms with Crippen LogP contribution in [0.2, 0.25) is 5.02 Å². The van der Waals surface area contributed by atoms with E-state index in [0.29, 0.717) is 17.5 Å². The number of oxazole rings is 1. The fourth-order valence-corrected chi connectivity index (χ4v) is 4.64. The predicted molar refractivity (Wildman–Crippen MR) is 131 cm³/mol. The molecule has 5 rings (SSSR count). The Morgan fingerprint density at radius 1 is 1.09 bits per heavy atom. The maximum atomic E-state index is 6.02. The van der Waals surface area contributed by atoms with Crippen molar-refractivity contribution in [1.29, 1.82) is 0 Å². The molecule has 0 unspecified atom stereocenters. The van der Waals surface area contributed by atoms with Crippen molar-refractivity contribution in [2.24, 2.45) is 0 Å². The van der Waals surface area contributed by atoms with Crippen LogP contribution in [0.25, 0.3) is 22.5 Å². The van der Waals surface area contributed by atoms with Gasteiger partial charge in [-0.15, -0.1) is 0 Å². The van der Waals surface area contributed by atoms with Crippen LogP contribution < -0.4 is 4.74 Å². The fourth-order valence-electron chi connectivity index (χ4n) is 3.56. The summed E-state index contributed by atoms with van der Waals surface area (Å²) in [7, 11) is 1.68. The number of fused-ring (bicyclic) bond motifs is 1. The summed E-state index contributed by atoms with van der Waals surface area (Å²) >= 11 is 7.69. The molecule has 0 aliphatic rings. The Labute approximate surface area is 200 Å². The van der Waals surface area contributed by atoms with Crippen LogP contribution in [0.1, 0.15) is 17.0 Å². The number of thioether (sulfide) groups is 1. The van der Waals surface area contributed by atoms with Crippen LogP contribution in [0.5, 0.6) is 5.75 Å². The summed E-state index contributed by atoms with van der Waals surface area (Å²) < 4.78 is 13.5. The van der Waals surface area contributed by atoms with Crippen LogP contribution in [0.4, 0.5) is 0 Å². The molecule has 2 aromatic carbocycles. The van der Waals surface area contributed by atoms with Gasteiger partial charge in [-0.05, 0) is 55.0 Å². The highest BCUT2D eigenvalue weighted by atomic mass is 35.5. The summed E-state index contributed by atoms with van der Waals surface area (Å²) in [6.45, 7) is 2.47. The minimum absolute atomic E-state index is 0.533. The van der Waals surface area contributed by atoms with Crippen LogP contribution in [0.15, 0.2) is 76.6 Å². The second-order valence-corrected chi connectivity index (χ2v) is 8.89. The van der Waals surface area contributed by atoms with Gasteiger partial charge in [0.1, 0.15) is 17.2 Å². The number of aryl methyl sites for hydroxylation is 1. The average Bonchev–Trinajstić information content (AvgIpc) is 3.38. The largest absolute Gasteiger partial charge is 0.497 e. The van der Waals surface area contributed by atoms with Gasteiger partial charge in [0.25, 0.3) is 0 Å². The predicted octanol–water partition coefficient (Wildman–Crippen LogP) is 6.40. The molecule has 0 saturated heterocycles. The first kappa shape index (κ1) is 21.6. The summed E-state index contributed by atoms with van der Waals surface area (Å²) in [5.41, 5.74) is 4.77. The molecule has 8 heteroatoms. The molecule has 166 valence electrons. The van der Waals surface area contributed by atoms with Crippen molar-refractivity contribution in [1.82, 2.24) is 19.5 Å². The lowest BCUT2D eigenvalue weighted by atomic mass is 10.2. The molecule has 0 fully saturated rings. The quantitative estimate of drug-likeness (QED) is 0.253. The van der Waals surface area contributed by atoms with Crippen LogP contribution in [0, 0.1) is 6.92 Å². The van der Waals surface area contributed by atoms with E-state index < -0.39 is 0 Å². The summed E-state index contributed by atoms with van der Waals surface area (Å²) in [5, 5.41) is 1.58. The topological polar surface area (TPSA) is 66.0 Å². The van der Waals surface area contributed by atoms with E-state index in [1.807, 2.05) is 61.7 Å². The summed E-state index contributed by atoms with van der Waals surface area (Å²) in [6.07, 6.45) is 3.60. The molecule has 33 heavy (non-hydrogen) atoms. The summed E-state index contributed by atoms with van der Waals surface area (Å²) in [5.74, 6) is 2.96. The zero-order valence-corrected chi connectivity index (χ0v) is 19.7. The number of benzene rings is 2. The van der Waals surface area contributed by atoms with Gasteiger partial charge in [0.15, 0.2) is 5.16 Å². The number of rotatable bonds is 7. The Kier molecular flexibility index (Phi) is 6.07. The Balaban J connectivity index is 1.46. The minimum Gasteiger partial charge on any atom is -0.497 e. The Hall–Kier alpha value is -3.29. The molecule has 0 saturated carbocycles. The molecule has 3 aromatic heterocycles. The van der Waals surface area contributed by atoms with Crippen molar-refractivity contribution in [3.8, 4) is 17.2 Å². The van der Waals surface area contributed by atoms with Crippen LogP contribution >= 0.6 is 23.4 Å². The first-order valence-corrected chi connectivity index (χ1v) is 11.8. The summed E-state index contributed by atoms with van der Waals surface area (Å²) in [6, 6.07) is 17.5. The molecule has 6 nitrogen and oxygen atoms in total. The Bertz CT molecular complexity index is 1410. The van der Waals surface area contributed by atoms with Crippen molar-refractivity contribution in [2.45, 2.75) is 24.4 Å². The zero-order valence-electron chi connectivity index (χ0n) is 18.2. The number of halogens is 1. The van der Waals surface area contributed by atoms with Gasteiger partial charge in [0.2, 0.25) is 5.89 Å². The highest BCUT2D eigenvalue weighted by Gasteiger charge is 2.17. The second kappa shape index (κ2) is 9.29. The third-order valence-electron chi connectivity index (χ3n) is 5.31. The van der Waals surface area contributed by atoms with E-state index in [9.17, 15) is 0 Å². The number of ether oxygens (including phenoxy) is 1. The van der Waals surface area contributed by atoms with E-state index in [1.54, 1.807) is 25.1 Å². The third-order valence-corrected chi connectivity index (χ3v) is 6.61. The normalized spacial score (nSPS) is 11.2. The number of hydrogen-bond acceptors (Lipinski definition) is 6. The molecule has 0 bridgehead atoms. The smallest absolute Gasteiger partial charge is 0.226 e. The van der Waals surface area contributed by atoms with Crippen molar-refractivity contribution >= 4 is 34.4 Å². The van der Waals surface area contributed by atoms with Gasteiger partial charge in [-0.1, -0.05) is 35.5 Å². The molecule has 0 atom stereocenters. The van der Waals surface area contributed by atoms with Gasteiger partial charge in [-0.2, -0.15) is 0 Å². The SMILES string of the molecule is COc1cccc(CSc2nc3ccncc3n2Cc2nc(-c3ccc(Cl)cc3)oc2C)c1. The average molecular weight is 477 g/mol. The lowest BCUT2D eigenvalue weighted by molar-refractivity contribution is 0.414. The molecule has 0 amide bonds. The fraction of sp³-hybridized carbons (Fsp3) is 0.160. The molecule has 5 aromatic rings. The molecule has 0 aliphatic carbocycles. The van der Waals surface area contributed by atoms with Gasteiger partial charge in [-0.3, -0.25) is 4.98 Å². The standard InChI is InChI=1S/C25H21ClN4O2S/c1-16-22(28-24(32-16)18-6-8-19(26)9-7-18)14-30-23-13-27-11-10-21(23)29-25(30)33-15-17-4-3-5-20(12-17)31-2/h3-13H,14-15H2,1-2H3. The van der Waals surface area contributed by atoms with Crippen molar-refractivity contribution in [3.63, 3.8) is 0 Å². The molecule has 0 aliphatic heterocycles. The highest BCUT2D eigenvalue weighted by molar-refractivity contribution is 7.98. The number of pyridine rings is 1. The number of nitrogens with zero attached hydrogens (tertiary/aromatic N) is 4. The summed E-state index contributed by atoms with van der Waals surface area (Å²) in [4.78, 5) is 13.9. The minimum atomic E-state index is 0.533. The lowest BCUT2D eigenvalue weighted by Gasteiger charge is -2.08. The van der Waals surface area contributed by atoms with E-state index in [4.69, 9.17) is 30.7 Å². The van der Waals surface area contributed by atoms with Crippen molar-refractivity contribution in [3.05, 3.63) is 89.0 Å². The molecule has 0 radical (unpaired) electrons. The van der Waals surface area contributed by atoms with Gasteiger partial charge < -0.3 is 13.7 Å². The number of aromatic nitrogens is 4. The second-order valence-electron chi connectivity index (χ2n) is 7.51. The first-order chi connectivity index (χ1) is 16.1. The number of hydrogen-bond donors (Lipinski definition) is 0. The van der Waals surface area contributed by atoms with Gasteiger partial charge in [0, 0.05) is 22.5 Å². The lowest BCUT2D eigenvalue weighted by Crippen LogP contribution is -2.03. The number of methoxy groups -OCH3 is 1. The third kappa shape index (κ3) is 4.60. The van der Waals surface area contributed by atoms with Crippen molar-refractivity contribution in [2.75, 3.05) is 7.11 Å². The molecular weight excluding hydrogens is 456 g/mol. The van der Waals surface area contributed by atoms with E-state index in [1.165, 1.54) is 5.56 Å². The van der Waals surface area contributed by atoms with Gasteiger partial charge in [-0.25, -0.2) is 9.97 Å². The molecule has 3 heterocycles. The van der Waals surface area contributed by atoms with E-state index in [-0.39, 0.29) is 0 Å². The van der Waals surface area contributed by atoms with Crippen molar-refractivity contribution < 1.29 is 9.15 Å². The van der Waals surface area contributed by atoms with E-state index in [0.717, 1.165) is 44.7 Å². The van der Waals surface area contributed by atoms with Crippen LogP contribution in [-0.2, 0) is 12.3 Å². The van der Waals surface area contributed by atoms with Gasteiger partial charge in [0.05, 0.1) is 30.9 Å². The maximum Gasteiger partial charge on any atom is 0.226 e. The monoisotopic (exact) mass is 476 g/mol. The van der Waals surface area contributed by atoms with E-state index in [2.05, 4.69) is 15.6 Å².